The monoisotopic (exact) mass is 140 g/mol. The second-order valence-electron chi connectivity index (χ2n) is 3.16. The van der Waals surface area contributed by atoms with E-state index in [1.807, 2.05) is 6.92 Å². The second kappa shape index (κ2) is 1.65. The van der Waals surface area contributed by atoms with Gasteiger partial charge in [-0.05, 0) is 20.3 Å². The zero-order valence-corrected chi connectivity index (χ0v) is 6.42. The van der Waals surface area contributed by atoms with Crippen LogP contribution in [0.5, 0.6) is 0 Å². The first kappa shape index (κ1) is 6.01. The molecule has 0 spiro atoms. The summed E-state index contributed by atoms with van der Waals surface area (Å²) < 4.78 is 0. The van der Waals surface area contributed by atoms with Crippen molar-refractivity contribution in [1.29, 1.82) is 0 Å². The lowest BCUT2D eigenvalue weighted by molar-refractivity contribution is -0.0625. The van der Waals surface area contributed by atoms with Crippen molar-refractivity contribution in [2.75, 3.05) is 6.54 Å². The molecule has 2 aliphatic rings. The Morgan fingerprint density at radius 1 is 1.70 bits per heavy atom. The minimum absolute atomic E-state index is 0.0932. The molecule has 1 atom stereocenters. The molecule has 0 amide bonds. The normalized spacial score (nSPS) is 37.4. The zero-order valence-electron chi connectivity index (χ0n) is 6.42. The highest BCUT2D eigenvalue weighted by Crippen LogP contribution is 2.34. The number of nitrogens with zero attached hydrogens (tertiary/aromatic N) is 2. The Hall–Kier alpha value is -0.730. The number of fused-ring (bicyclic) bond motifs is 1. The Morgan fingerprint density at radius 3 is 3.20 bits per heavy atom. The van der Waals surface area contributed by atoms with E-state index >= 15 is 0 Å². The fraction of sp³-hybridized carbons (Fsp3) is 0.857. The van der Waals surface area contributed by atoms with Gasteiger partial charge in [0.1, 0.15) is 5.84 Å². The molecule has 0 unspecified atom stereocenters. The predicted molar refractivity (Wildman–Crippen MR) is 38.5 cm³/mol. The SMILES string of the molecule is CC1=NO[C@]2(C)CCCN12. The molecule has 3 heteroatoms. The van der Waals surface area contributed by atoms with Crippen molar-refractivity contribution in [1.82, 2.24) is 4.90 Å². The van der Waals surface area contributed by atoms with Crippen LogP contribution in [-0.4, -0.2) is 23.0 Å². The molecule has 2 heterocycles. The van der Waals surface area contributed by atoms with Crippen molar-refractivity contribution in [3.63, 3.8) is 0 Å². The highest BCUT2D eigenvalue weighted by Gasteiger charge is 2.43. The first-order valence-electron chi connectivity index (χ1n) is 3.73. The molecule has 0 aromatic rings. The lowest BCUT2D eigenvalue weighted by Gasteiger charge is -2.25. The van der Waals surface area contributed by atoms with E-state index in [4.69, 9.17) is 4.84 Å². The number of rotatable bonds is 0. The highest BCUT2D eigenvalue weighted by molar-refractivity contribution is 5.81. The third-order valence-electron chi connectivity index (χ3n) is 2.36. The van der Waals surface area contributed by atoms with Crippen molar-refractivity contribution >= 4 is 5.84 Å². The molecular weight excluding hydrogens is 128 g/mol. The van der Waals surface area contributed by atoms with Gasteiger partial charge in [-0.3, -0.25) is 0 Å². The Balaban J connectivity index is 2.27. The summed E-state index contributed by atoms with van der Waals surface area (Å²) in [5, 5.41) is 3.94. The predicted octanol–water partition coefficient (Wildman–Crippen LogP) is 1.16. The quantitative estimate of drug-likeness (QED) is 0.504. The summed E-state index contributed by atoms with van der Waals surface area (Å²) in [5.74, 6) is 1.03. The van der Waals surface area contributed by atoms with Gasteiger partial charge in [-0.25, -0.2) is 0 Å². The van der Waals surface area contributed by atoms with Gasteiger partial charge >= 0.3 is 0 Å². The van der Waals surface area contributed by atoms with Gasteiger partial charge in [-0.15, -0.1) is 0 Å². The van der Waals surface area contributed by atoms with E-state index in [-0.39, 0.29) is 5.72 Å². The van der Waals surface area contributed by atoms with Gasteiger partial charge in [0.2, 0.25) is 5.72 Å². The summed E-state index contributed by atoms with van der Waals surface area (Å²) in [6.45, 7) is 5.20. The number of hydrogen-bond donors (Lipinski definition) is 0. The molecule has 1 fully saturated rings. The fourth-order valence-corrected chi connectivity index (χ4v) is 1.75. The van der Waals surface area contributed by atoms with E-state index in [9.17, 15) is 0 Å². The van der Waals surface area contributed by atoms with Crippen molar-refractivity contribution in [2.45, 2.75) is 32.4 Å². The molecule has 10 heavy (non-hydrogen) atoms. The van der Waals surface area contributed by atoms with Gasteiger partial charge in [-0.2, -0.15) is 0 Å². The van der Waals surface area contributed by atoms with Gasteiger partial charge in [0.05, 0.1) is 0 Å². The number of hydrogen-bond acceptors (Lipinski definition) is 3. The maximum atomic E-state index is 5.29. The van der Waals surface area contributed by atoms with Crippen LogP contribution in [0.1, 0.15) is 26.7 Å². The molecule has 0 N–H and O–H groups in total. The number of oxime groups is 1. The average molecular weight is 140 g/mol. The summed E-state index contributed by atoms with van der Waals surface area (Å²) in [6.07, 6.45) is 2.33. The standard InChI is InChI=1S/C7H12N2O/c1-6-8-10-7(2)4-3-5-9(6)7/h3-5H2,1-2H3/t7-/m1/s1. The topological polar surface area (TPSA) is 24.8 Å². The van der Waals surface area contributed by atoms with Crippen LogP contribution in [0, 0.1) is 0 Å². The summed E-state index contributed by atoms with van der Waals surface area (Å²) in [4.78, 5) is 7.52. The first-order chi connectivity index (χ1) is 4.72. The van der Waals surface area contributed by atoms with Crippen LogP contribution in [0.4, 0.5) is 0 Å². The molecule has 2 aliphatic heterocycles. The smallest absolute Gasteiger partial charge is 0.208 e. The van der Waals surface area contributed by atoms with Gasteiger partial charge < -0.3 is 9.74 Å². The zero-order chi connectivity index (χ0) is 7.19. The lowest BCUT2D eigenvalue weighted by atomic mass is 10.2. The van der Waals surface area contributed by atoms with E-state index in [0.717, 1.165) is 18.8 Å². The van der Waals surface area contributed by atoms with Gasteiger partial charge in [-0.1, -0.05) is 5.16 Å². The van der Waals surface area contributed by atoms with E-state index in [0.29, 0.717) is 0 Å². The Kier molecular flexibility index (Phi) is 0.993. The van der Waals surface area contributed by atoms with Crippen molar-refractivity contribution in [2.24, 2.45) is 5.16 Å². The van der Waals surface area contributed by atoms with Crippen LogP contribution in [0.2, 0.25) is 0 Å². The molecule has 1 saturated heterocycles. The molecule has 0 radical (unpaired) electrons. The Labute approximate surface area is 60.6 Å². The van der Waals surface area contributed by atoms with Crippen LogP contribution < -0.4 is 0 Å². The average Bonchev–Trinajstić information content (AvgIpc) is 2.35. The van der Waals surface area contributed by atoms with Crippen LogP contribution in [0.25, 0.3) is 0 Å². The summed E-state index contributed by atoms with van der Waals surface area (Å²) in [5.41, 5.74) is -0.0932. The minimum atomic E-state index is -0.0932. The summed E-state index contributed by atoms with van der Waals surface area (Å²) in [7, 11) is 0. The van der Waals surface area contributed by atoms with Gasteiger partial charge in [0.25, 0.3) is 0 Å². The molecule has 0 saturated carbocycles. The number of amidine groups is 1. The molecule has 2 rings (SSSR count). The molecule has 0 aliphatic carbocycles. The molecule has 0 aromatic heterocycles. The van der Waals surface area contributed by atoms with Crippen molar-refractivity contribution in [3.05, 3.63) is 0 Å². The van der Waals surface area contributed by atoms with E-state index < -0.39 is 0 Å². The third kappa shape index (κ3) is 0.576. The maximum absolute atomic E-state index is 5.29. The minimum Gasteiger partial charge on any atom is -0.366 e. The van der Waals surface area contributed by atoms with E-state index in [2.05, 4.69) is 17.0 Å². The largest absolute Gasteiger partial charge is 0.366 e. The molecule has 0 bridgehead atoms. The van der Waals surface area contributed by atoms with E-state index in [1.54, 1.807) is 0 Å². The Bertz CT molecular complexity index is 190. The Morgan fingerprint density at radius 2 is 2.50 bits per heavy atom. The summed E-state index contributed by atoms with van der Waals surface area (Å²) in [6, 6.07) is 0. The van der Waals surface area contributed by atoms with Gasteiger partial charge in [0.15, 0.2) is 0 Å². The third-order valence-corrected chi connectivity index (χ3v) is 2.36. The second-order valence-corrected chi connectivity index (χ2v) is 3.16. The summed E-state index contributed by atoms with van der Waals surface area (Å²) >= 11 is 0. The lowest BCUT2D eigenvalue weighted by Crippen LogP contribution is -2.39. The van der Waals surface area contributed by atoms with Crippen LogP contribution in [0.3, 0.4) is 0 Å². The first-order valence-corrected chi connectivity index (χ1v) is 3.73. The fourth-order valence-electron chi connectivity index (χ4n) is 1.75. The van der Waals surface area contributed by atoms with E-state index in [1.165, 1.54) is 6.42 Å². The van der Waals surface area contributed by atoms with Crippen molar-refractivity contribution in [3.8, 4) is 0 Å². The highest BCUT2D eigenvalue weighted by atomic mass is 16.7. The molecule has 56 valence electrons. The van der Waals surface area contributed by atoms with Crippen LogP contribution in [0.15, 0.2) is 5.16 Å². The van der Waals surface area contributed by atoms with Gasteiger partial charge in [0, 0.05) is 13.0 Å². The van der Waals surface area contributed by atoms with Crippen LogP contribution >= 0.6 is 0 Å². The molecule has 3 nitrogen and oxygen atoms in total. The molecular formula is C7H12N2O. The molecule has 0 aromatic carbocycles. The van der Waals surface area contributed by atoms with Crippen molar-refractivity contribution < 1.29 is 4.84 Å². The van der Waals surface area contributed by atoms with Crippen LogP contribution in [-0.2, 0) is 4.84 Å². The maximum Gasteiger partial charge on any atom is 0.208 e.